The number of ether oxygens (including phenoxy) is 1. The highest BCUT2D eigenvalue weighted by Crippen LogP contribution is 2.12. The summed E-state index contributed by atoms with van der Waals surface area (Å²) < 4.78 is 5.68. The quantitative estimate of drug-likeness (QED) is 0.755. The van der Waals surface area contributed by atoms with Crippen molar-refractivity contribution in [2.24, 2.45) is 0 Å². The topological polar surface area (TPSA) is 74.4 Å². The summed E-state index contributed by atoms with van der Waals surface area (Å²) in [6.45, 7) is 0.0728. The molecule has 0 saturated carbocycles. The maximum atomic E-state index is 11.7. The number of anilines is 1. The van der Waals surface area contributed by atoms with Crippen molar-refractivity contribution in [1.29, 1.82) is 0 Å². The van der Waals surface area contributed by atoms with Gasteiger partial charge in [-0.2, -0.15) is 0 Å². The van der Waals surface area contributed by atoms with E-state index in [0.717, 1.165) is 15.7 Å². The van der Waals surface area contributed by atoms with E-state index in [2.05, 4.69) is 26.2 Å². The number of rotatable bonds is 6. The van der Waals surface area contributed by atoms with E-state index in [1.807, 2.05) is 43.3 Å². The molecule has 1 amide bonds. The van der Waals surface area contributed by atoms with Crippen molar-refractivity contribution in [1.82, 2.24) is 10.3 Å². The fourth-order valence-electron chi connectivity index (χ4n) is 1.86. The van der Waals surface area contributed by atoms with Crippen LogP contribution in [0.15, 0.2) is 41.0 Å². The number of hydrogen-bond donors (Lipinski definition) is 2. The van der Waals surface area contributed by atoms with E-state index < -0.39 is 5.97 Å². The lowest BCUT2D eigenvalue weighted by molar-refractivity contribution is -0.124. The van der Waals surface area contributed by atoms with Gasteiger partial charge in [0.05, 0.1) is 0 Å². The molecule has 1 heterocycles. The minimum atomic E-state index is -0.568. The average molecular weight is 380 g/mol. The average Bonchev–Trinajstić information content (AvgIpc) is 2.97. The summed E-state index contributed by atoms with van der Waals surface area (Å²) >= 11 is 3.22. The number of carbonyl (C=O) groups is 2. The maximum absolute atomic E-state index is 11.7. The van der Waals surface area contributed by atoms with E-state index in [0.29, 0.717) is 12.2 Å². The smallest absolute Gasteiger partial charge is 0.355 e. The van der Waals surface area contributed by atoms with Crippen LogP contribution in [-0.2, 0) is 16.1 Å². The van der Waals surface area contributed by atoms with Crippen molar-refractivity contribution in [3.05, 3.63) is 52.3 Å². The Morgan fingerprint density at radius 3 is 2.52 bits per heavy atom. The number of benzene rings is 1. The molecule has 0 aliphatic heterocycles. The van der Waals surface area contributed by atoms with E-state index >= 15 is 0 Å². The summed E-state index contributed by atoms with van der Waals surface area (Å²) in [5.41, 5.74) is 2.36. The van der Waals surface area contributed by atoms with Crippen molar-refractivity contribution in [3.63, 3.8) is 0 Å². The van der Waals surface area contributed by atoms with Gasteiger partial charge in [0.15, 0.2) is 6.61 Å². The molecule has 0 spiro atoms. The SMILES string of the molecule is CN(C)c1ccc(CNC(=O)COC(=O)c2cc(Br)c[nH]2)cc1. The maximum Gasteiger partial charge on any atom is 0.355 e. The molecule has 122 valence electrons. The van der Waals surface area contributed by atoms with Crippen molar-refractivity contribution in [2.45, 2.75) is 6.54 Å². The predicted octanol–water partition coefficient (Wildman–Crippen LogP) is 2.32. The normalized spacial score (nSPS) is 10.2. The molecule has 0 radical (unpaired) electrons. The first-order chi connectivity index (χ1) is 11.0. The van der Waals surface area contributed by atoms with E-state index in [-0.39, 0.29) is 12.5 Å². The molecule has 7 heteroatoms. The number of hydrogen-bond acceptors (Lipinski definition) is 4. The van der Waals surface area contributed by atoms with Gasteiger partial charge in [-0.25, -0.2) is 4.79 Å². The molecule has 1 aromatic carbocycles. The van der Waals surface area contributed by atoms with Gasteiger partial charge in [0, 0.05) is 37.0 Å². The zero-order valence-electron chi connectivity index (χ0n) is 12.9. The molecule has 0 bridgehead atoms. The number of nitrogens with zero attached hydrogens (tertiary/aromatic N) is 1. The third kappa shape index (κ3) is 5.14. The van der Waals surface area contributed by atoms with Crippen LogP contribution in [0, 0.1) is 0 Å². The molecule has 2 rings (SSSR count). The fourth-order valence-corrected chi connectivity index (χ4v) is 2.20. The molecule has 6 nitrogen and oxygen atoms in total. The zero-order valence-corrected chi connectivity index (χ0v) is 14.5. The summed E-state index contributed by atoms with van der Waals surface area (Å²) in [7, 11) is 3.93. The highest BCUT2D eigenvalue weighted by molar-refractivity contribution is 9.10. The van der Waals surface area contributed by atoms with Gasteiger partial charge in [-0.3, -0.25) is 4.79 Å². The van der Waals surface area contributed by atoms with Crippen molar-refractivity contribution >= 4 is 33.5 Å². The van der Waals surface area contributed by atoms with Gasteiger partial charge < -0.3 is 19.9 Å². The zero-order chi connectivity index (χ0) is 16.8. The molecule has 0 atom stereocenters. The first kappa shape index (κ1) is 17.1. The van der Waals surface area contributed by atoms with Gasteiger partial charge in [0.25, 0.3) is 5.91 Å². The van der Waals surface area contributed by atoms with Crippen LogP contribution in [0.4, 0.5) is 5.69 Å². The third-order valence-electron chi connectivity index (χ3n) is 3.14. The molecule has 2 aromatic rings. The van der Waals surface area contributed by atoms with Crippen LogP contribution in [0.2, 0.25) is 0 Å². The lowest BCUT2D eigenvalue weighted by atomic mass is 10.2. The monoisotopic (exact) mass is 379 g/mol. The largest absolute Gasteiger partial charge is 0.451 e. The van der Waals surface area contributed by atoms with E-state index in [4.69, 9.17) is 4.74 Å². The molecular weight excluding hydrogens is 362 g/mol. The number of esters is 1. The number of carbonyl (C=O) groups excluding carboxylic acids is 2. The molecule has 2 N–H and O–H groups in total. The van der Waals surface area contributed by atoms with Crippen LogP contribution >= 0.6 is 15.9 Å². The number of H-pyrrole nitrogens is 1. The van der Waals surface area contributed by atoms with Gasteiger partial charge in [0.2, 0.25) is 0 Å². The molecule has 23 heavy (non-hydrogen) atoms. The summed E-state index contributed by atoms with van der Waals surface area (Å²) in [5.74, 6) is -0.915. The number of halogens is 1. The van der Waals surface area contributed by atoms with Crippen LogP contribution in [0.25, 0.3) is 0 Å². The second kappa shape index (κ2) is 7.82. The highest BCUT2D eigenvalue weighted by Gasteiger charge is 2.11. The van der Waals surface area contributed by atoms with Crippen LogP contribution in [0.5, 0.6) is 0 Å². The fraction of sp³-hybridized carbons (Fsp3) is 0.250. The Morgan fingerprint density at radius 1 is 1.26 bits per heavy atom. The lowest BCUT2D eigenvalue weighted by Crippen LogP contribution is -2.28. The number of aromatic nitrogens is 1. The van der Waals surface area contributed by atoms with Gasteiger partial charge >= 0.3 is 5.97 Å². The van der Waals surface area contributed by atoms with E-state index in [9.17, 15) is 9.59 Å². The van der Waals surface area contributed by atoms with Gasteiger partial charge in [-0.05, 0) is 39.7 Å². The second-order valence-corrected chi connectivity index (χ2v) is 6.06. The van der Waals surface area contributed by atoms with Crippen LogP contribution in [-0.4, -0.2) is 37.6 Å². The standard InChI is InChI=1S/C16H18BrN3O3/c1-20(2)13-5-3-11(4-6-13)8-19-15(21)10-23-16(22)14-7-12(17)9-18-14/h3-7,9,18H,8,10H2,1-2H3,(H,19,21). The Bertz CT molecular complexity index is 680. The highest BCUT2D eigenvalue weighted by atomic mass is 79.9. The van der Waals surface area contributed by atoms with Crippen LogP contribution < -0.4 is 10.2 Å². The minimum absolute atomic E-state index is 0.295. The molecule has 0 saturated heterocycles. The van der Waals surface area contributed by atoms with E-state index in [1.165, 1.54) is 0 Å². The first-order valence-electron chi connectivity index (χ1n) is 6.99. The summed E-state index contributed by atoms with van der Waals surface area (Å²) in [6.07, 6.45) is 1.62. The summed E-state index contributed by atoms with van der Waals surface area (Å²) in [5, 5.41) is 2.71. The third-order valence-corrected chi connectivity index (χ3v) is 3.60. The molecule has 0 fully saturated rings. The molecular formula is C16H18BrN3O3. The van der Waals surface area contributed by atoms with Crippen molar-refractivity contribution in [3.8, 4) is 0 Å². The Morgan fingerprint density at radius 2 is 1.96 bits per heavy atom. The number of aromatic amines is 1. The lowest BCUT2D eigenvalue weighted by Gasteiger charge is -2.13. The molecule has 1 aromatic heterocycles. The number of nitrogens with one attached hydrogen (secondary N) is 2. The van der Waals surface area contributed by atoms with Crippen molar-refractivity contribution < 1.29 is 14.3 Å². The van der Waals surface area contributed by atoms with E-state index in [1.54, 1.807) is 12.3 Å². The Hall–Kier alpha value is -2.28. The molecule has 0 aliphatic rings. The Kier molecular flexibility index (Phi) is 5.81. The first-order valence-corrected chi connectivity index (χ1v) is 7.79. The molecule has 0 aliphatic carbocycles. The van der Waals surface area contributed by atoms with Gasteiger partial charge in [-0.15, -0.1) is 0 Å². The second-order valence-electron chi connectivity index (χ2n) is 5.15. The van der Waals surface area contributed by atoms with Crippen LogP contribution in [0.1, 0.15) is 16.1 Å². The van der Waals surface area contributed by atoms with Gasteiger partial charge in [-0.1, -0.05) is 12.1 Å². The Balaban J connectivity index is 1.75. The van der Waals surface area contributed by atoms with Crippen LogP contribution in [0.3, 0.4) is 0 Å². The predicted molar refractivity (Wildman–Crippen MR) is 91.4 cm³/mol. The summed E-state index contributed by atoms with van der Waals surface area (Å²) in [4.78, 5) is 28.1. The summed E-state index contributed by atoms with van der Waals surface area (Å²) in [6, 6.07) is 9.43. The number of amides is 1. The van der Waals surface area contributed by atoms with Gasteiger partial charge in [0.1, 0.15) is 5.69 Å². The van der Waals surface area contributed by atoms with Crippen molar-refractivity contribution in [2.75, 3.05) is 25.6 Å². The minimum Gasteiger partial charge on any atom is -0.451 e. The Labute approximate surface area is 143 Å². The molecule has 0 unspecified atom stereocenters.